The molecule has 0 bridgehead atoms. The molecule has 2 aromatic rings. The Kier molecular flexibility index (Phi) is 5.04. The van der Waals surface area contributed by atoms with E-state index in [2.05, 4.69) is 21.2 Å². The van der Waals surface area contributed by atoms with Crippen LogP contribution in [0.1, 0.15) is 5.56 Å². The lowest BCUT2D eigenvalue weighted by atomic mass is 10.2. The summed E-state index contributed by atoms with van der Waals surface area (Å²) in [4.78, 5) is 11.8. The average molecular weight is 355 g/mol. The Hall–Kier alpha value is -1.52. The van der Waals surface area contributed by atoms with Gasteiger partial charge in [-0.2, -0.15) is 0 Å². The van der Waals surface area contributed by atoms with E-state index >= 15 is 0 Å². The van der Waals surface area contributed by atoms with Gasteiger partial charge in [0.05, 0.1) is 5.69 Å². The fourth-order valence-electron chi connectivity index (χ4n) is 1.60. The molecule has 20 heavy (non-hydrogen) atoms. The minimum atomic E-state index is -0.216. The molecule has 1 N–H and O–H groups in total. The number of amides is 1. The normalized spacial score (nSPS) is 10.2. The van der Waals surface area contributed by atoms with Gasteiger partial charge in [0.2, 0.25) is 0 Å². The topological polar surface area (TPSA) is 38.3 Å². The van der Waals surface area contributed by atoms with Gasteiger partial charge in [-0.15, -0.1) is 0 Å². The van der Waals surface area contributed by atoms with Crippen molar-refractivity contribution in [2.45, 2.75) is 6.92 Å². The van der Waals surface area contributed by atoms with E-state index < -0.39 is 0 Å². The summed E-state index contributed by atoms with van der Waals surface area (Å²) in [7, 11) is 0. The van der Waals surface area contributed by atoms with Gasteiger partial charge < -0.3 is 10.1 Å². The molecule has 0 aliphatic rings. The van der Waals surface area contributed by atoms with E-state index in [1.807, 2.05) is 25.1 Å². The molecule has 5 heteroatoms. The lowest BCUT2D eigenvalue weighted by Crippen LogP contribution is -2.20. The number of anilines is 1. The zero-order chi connectivity index (χ0) is 14.5. The minimum Gasteiger partial charge on any atom is -0.484 e. The largest absolute Gasteiger partial charge is 0.484 e. The molecule has 0 spiro atoms. The third-order valence-electron chi connectivity index (χ3n) is 2.58. The predicted octanol–water partition coefficient (Wildman–Crippen LogP) is 4.43. The van der Waals surface area contributed by atoms with Crippen molar-refractivity contribution in [1.29, 1.82) is 0 Å². The number of ether oxygens (including phenoxy) is 1. The van der Waals surface area contributed by atoms with Gasteiger partial charge >= 0.3 is 0 Å². The monoisotopic (exact) mass is 353 g/mol. The highest BCUT2D eigenvalue weighted by Crippen LogP contribution is 2.23. The van der Waals surface area contributed by atoms with E-state index in [1.165, 1.54) is 0 Å². The molecule has 2 rings (SSSR count). The molecule has 0 atom stereocenters. The third kappa shape index (κ3) is 4.25. The summed E-state index contributed by atoms with van der Waals surface area (Å²) < 4.78 is 6.22. The maximum Gasteiger partial charge on any atom is 0.262 e. The molecule has 0 unspecified atom stereocenters. The number of carbonyl (C=O) groups is 1. The Morgan fingerprint density at radius 2 is 1.95 bits per heavy atom. The quantitative estimate of drug-likeness (QED) is 0.882. The second-order valence-corrected chi connectivity index (χ2v) is 5.56. The summed E-state index contributed by atoms with van der Waals surface area (Å²) in [5.74, 6) is 0.388. The Morgan fingerprint density at radius 1 is 1.25 bits per heavy atom. The molecule has 0 saturated carbocycles. The molecule has 0 aromatic heterocycles. The number of benzene rings is 2. The van der Waals surface area contributed by atoms with Crippen molar-refractivity contribution in [2.75, 3.05) is 11.9 Å². The van der Waals surface area contributed by atoms with Crippen LogP contribution in [0, 0.1) is 6.92 Å². The first-order chi connectivity index (χ1) is 9.54. The van der Waals surface area contributed by atoms with Gasteiger partial charge in [-0.05, 0) is 64.8 Å². The maximum absolute atomic E-state index is 11.8. The zero-order valence-corrected chi connectivity index (χ0v) is 13.2. The Bertz CT molecular complexity index is 614. The molecule has 1 amide bonds. The summed E-state index contributed by atoms with van der Waals surface area (Å²) in [5.41, 5.74) is 1.80. The van der Waals surface area contributed by atoms with E-state index in [1.54, 1.807) is 24.3 Å². The Labute approximate surface area is 131 Å². The van der Waals surface area contributed by atoms with Gasteiger partial charge in [0.1, 0.15) is 5.75 Å². The highest BCUT2D eigenvalue weighted by Gasteiger charge is 2.06. The number of hydrogen-bond donors (Lipinski definition) is 1. The van der Waals surface area contributed by atoms with Gasteiger partial charge in [-0.25, -0.2) is 0 Å². The van der Waals surface area contributed by atoms with Crippen LogP contribution in [0.4, 0.5) is 5.69 Å². The van der Waals surface area contributed by atoms with Crippen LogP contribution in [-0.2, 0) is 4.79 Å². The van der Waals surface area contributed by atoms with E-state index in [4.69, 9.17) is 16.3 Å². The summed E-state index contributed by atoms with van der Waals surface area (Å²) in [6.45, 7) is 1.91. The van der Waals surface area contributed by atoms with Crippen LogP contribution in [0.3, 0.4) is 0 Å². The van der Waals surface area contributed by atoms with E-state index in [0.29, 0.717) is 10.8 Å². The first-order valence-corrected chi connectivity index (χ1v) is 7.16. The number of carbonyl (C=O) groups excluding carboxylic acids is 1. The van der Waals surface area contributed by atoms with Crippen LogP contribution in [-0.4, -0.2) is 12.5 Å². The van der Waals surface area contributed by atoms with Crippen molar-refractivity contribution >= 4 is 39.1 Å². The maximum atomic E-state index is 11.8. The van der Waals surface area contributed by atoms with Gasteiger partial charge in [0.15, 0.2) is 6.61 Å². The molecule has 0 aliphatic heterocycles. The van der Waals surface area contributed by atoms with Crippen LogP contribution in [0.25, 0.3) is 0 Å². The van der Waals surface area contributed by atoms with Crippen molar-refractivity contribution < 1.29 is 9.53 Å². The predicted molar refractivity (Wildman–Crippen MR) is 84.5 cm³/mol. The molecular formula is C15H13BrClNO2. The van der Waals surface area contributed by atoms with Crippen LogP contribution in [0.15, 0.2) is 46.9 Å². The number of hydrogen-bond acceptors (Lipinski definition) is 2. The van der Waals surface area contributed by atoms with Crippen LogP contribution in [0.5, 0.6) is 5.75 Å². The second kappa shape index (κ2) is 6.77. The standard InChI is InChI=1S/C15H13BrClNO2/c1-10-2-7-13(16)14(8-10)18-15(19)9-20-12-5-3-11(17)4-6-12/h2-8H,9H2,1H3,(H,18,19). The summed E-state index contributed by atoms with van der Waals surface area (Å²) >= 11 is 9.17. The van der Waals surface area contributed by atoms with Crippen LogP contribution >= 0.6 is 27.5 Å². The van der Waals surface area contributed by atoms with Gasteiger partial charge in [-0.1, -0.05) is 17.7 Å². The molecule has 0 heterocycles. The van der Waals surface area contributed by atoms with Gasteiger partial charge in [-0.3, -0.25) is 4.79 Å². The molecule has 0 aliphatic carbocycles. The number of halogens is 2. The van der Waals surface area contributed by atoms with E-state index in [9.17, 15) is 4.79 Å². The number of rotatable bonds is 4. The Balaban J connectivity index is 1.92. The van der Waals surface area contributed by atoms with Crippen molar-refractivity contribution in [3.63, 3.8) is 0 Å². The highest BCUT2D eigenvalue weighted by atomic mass is 79.9. The smallest absolute Gasteiger partial charge is 0.262 e. The first kappa shape index (κ1) is 14.9. The van der Waals surface area contributed by atoms with Crippen molar-refractivity contribution in [2.24, 2.45) is 0 Å². The van der Waals surface area contributed by atoms with Gasteiger partial charge in [0, 0.05) is 9.50 Å². The van der Waals surface area contributed by atoms with Crippen molar-refractivity contribution in [1.82, 2.24) is 0 Å². The number of aryl methyl sites for hydroxylation is 1. The minimum absolute atomic E-state index is 0.0536. The average Bonchev–Trinajstić information content (AvgIpc) is 2.42. The molecule has 3 nitrogen and oxygen atoms in total. The molecular weight excluding hydrogens is 342 g/mol. The molecule has 0 fully saturated rings. The fraction of sp³-hybridized carbons (Fsp3) is 0.133. The van der Waals surface area contributed by atoms with Crippen LogP contribution < -0.4 is 10.1 Å². The summed E-state index contributed by atoms with van der Waals surface area (Å²) in [6.07, 6.45) is 0. The summed E-state index contributed by atoms with van der Waals surface area (Å²) in [6, 6.07) is 12.6. The molecule has 0 saturated heterocycles. The molecule has 104 valence electrons. The van der Waals surface area contributed by atoms with E-state index in [-0.39, 0.29) is 12.5 Å². The van der Waals surface area contributed by atoms with Crippen molar-refractivity contribution in [3.05, 3.63) is 57.5 Å². The second-order valence-electron chi connectivity index (χ2n) is 4.27. The highest BCUT2D eigenvalue weighted by molar-refractivity contribution is 9.10. The Morgan fingerprint density at radius 3 is 2.65 bits per heavy atom. The van der Waals surface area contributed by atoms with Crippen LogP contribution in [0.2, 0.25) is 5.02 Å². The van der Waals surface area contributed by atoms with Gasteiger partial charge in [0.25, 0.3) is 5.91 Å². The molecule has 0 radical (unpaired) electrons. The number of nitrogens with one attached hydrogen (secondary N) is 1. The zero-order valence-electron chi connectivity index (χ0n) is 10.8. The fourth-order valence-corrected chi connectivity index (χ4v) is 2.07. The SMILES string of the molecule is Cc1ccc(Br)c(NC(=O)COc2ccc(Cl)cc2)c1. The van der Waals surface area contributed by atoms with Crippen molar-refractivity contribution in [3.8, 4) is 5.75 Å². The van der Waals surface area contributed by atoms with E-state index in [0.717, 1.165) is 15.7 Å². The lowest BCUT2D eigenvalue weighted by Gasteiger charge is -2.09. The third-order valence-corrected chi connectivity index (χ3v) is 3.52. The first-order valence-electron chi connectivity index (χ1n) is 5.99. The molecule has 2 aromatic carbocycles. The lowest BCUT2D eigenvalue weighted by molar-refractivity contribution is -0.118. The summed E-state index contributed by atoms with van der Waals surface area (Å²) in [5, 5.41) is 3.43.